The van der Waals surface area contributed by atoms with E-state index in [1.165, 1.54) is 14.0 Å². The van der Waals surface area contributed by atoms with E-state index in [-0.39, 0.29) is 5.78 Å². The van der Waals surface area contributed by atoms with Crippen LogP contribution in [0.2, 0.25) is 0 Å². The molecule has 0 aliphatic rings. The monoisotopic (exact) mass is 224 g/mol. The summed E-state index contributed by atoms with van der Waals surface area (Å²) in [4.78, 5) is 11.3. The van der Waals surface area contributed by atoms with Crippen LogP contribution in [0, 0.1) is 6.92 Å². The number of rotatable bonds is 3. The molecule has 0 aliphatic carbocycles. The van der Waals surface area contributed by atoms with E-state index >= 15 is 0 Å². The molecule has 3 nitrogen and oxygen atoms in total. The Balaban J connectivity index is 0.00000106. The van der Waals surface area contributed by atoms with Crippen molar-refractivity contribution in [3.63, 3.8) is 0 Å². The first kappa shape index (κ1) is 14.5. The van der Waals surface area contributed by atoms with Gasteiger partial charge in [-0.15, -0.1) is 0 Å². The first-order chi connectivity index (χ1) is 7.60. The lowest BCUT2D eigenvalue weighted by Gasteiger charge is -2.10. The average Bonchev–Trinajstić information content (AvgIpc) is 2.31. The van der Waals surface area contributed by atoms with E-state index in [2.05, 4.69) is 0 Å². The zero-order valence-electron chi connectivity index (χ0n) is 10.9. The van der Waals surface area contributed by atoms with Gasteiger partial charge >= 0.3 is 0 Å². The molecule has 0 unspecified atom stereocenters. The Kier molecular flexibility index (Phi) is 6.23. The molecule has 0 saturated heterocycles. The predicted molar refractivity (Wildman–Crippen MR) is 65.6 cm³/mol. The topological polar surface area (TPSA) is 35.5 Å². The van der Waals surface area contributed by atoms with Crippen molar-refractivity contribution < 1.29 is 14.3 Å². The molecule has 0 aliphatic heterocycles. The van der Waals surface area contributed by atoms with Crippen LogP contribution in [-0.4, -0.2) is 20.0 Å². The molecule has 0 saturated carbocycles. The fraction of sp³-hybridized carbons (Fsp3) is 0.462. The van der Waals surface area contributed by atoms with E-state index in [1.807, 2.05) is 20.8 Å². The van der Waals surface area contributed by atoms with E-state index < -0.39 is 0 Å². The smallest absolute Gasteiger partial charge is 0.163 e. The normalized spacial score (nSPS) is 8.88. The minimum atomic E-state index is -0.00685. The molecule has 16 heavy (non-hydrogen) atoms. The van der Waals surface area contributed by atoms with Crippen LogP contribution in [0.5, 0.6) is 11.5 Å². The molecule has 1 aromatic rings. The Hall–Kier alpha value is -1.51. The van der Waals surface area contributed by atoms with Gasteiger partial charge in [-0.2, -0.15) is 0 Å². The molecule has 0 fully saturated rings. The number of aryl methyl sites for hydroxylation is 1. The van der Waals surface area contributed by atoms with Gasteiger partial charge in [0.2, 0.25) is 0 Å². The molecule has 90 valence electrons. The molecule has 0 spiro atoms. The number of methoxy groups -OCH3 is 2. The van der Waals surface area contributed by atoms with Crippen LogP contribution in [0.15, 0.2) is 12.1 Å². The summed E-state index contributed by atoms with van der Waals surface area (Å²) in [7, 11) is 3.13. The Morgan fingerprint density at radius 1 is 1.06 bits per heavy atom. The van der Waals surface area contributed by atoms with Crippen molar-refractivity contribution in [1.29, 1.82) is 0 Å². The highest BCUT2D eigenvalue weighted by Gasteiger charge is 2.11. The molecular formula is C13H20O3. The minimum Gasteiger partial charge on any atom is -0.496 e. The summed E-state index contributed by atoms with van der Waals surface area (Å²) in [5.41, 5.74) is 1.52. The van der Waals surface area contributed by atoms with Crippen molar-refractivity contribution >= 4 is 5.78 Å². The van der Waals surface area contributed by atoms with Crippen molar-refractivity contribution in [3.8, 4) is 11.5 Å². The summed E-state index contributed by atoms with van der Waals surface area (Å²) >= 11 is 0. The van der Waals surface area contributed by atoms with E-state index in [9.17, 15) is 4.79 Å². The Morgan fingerprint density at radius 3 is 1.94 bits per heavy atom. The third kappa shape index (κ3) is 3.26. The van der Waals surface area contributed by atoms with Crippen LogP contribution in [0.3, 0.4) is 0 Å². The van der Waals surface area contributed by atoms with Crippen LogP contribution < -0.4 is 9.47 Å². The van der Waals surface area contributed by atoms with Crippen molar-refractivity contribution in [2.45, 2.75) is 27.7 Å². The molecule has 0 bridgehead atoms. The molecule has 0 heterocycles. The number of hydrogen-bond donors (Lipinski definition) is 0. The van der Waals surface area contributed by atoms with E-state index in [0.29, 0.717) is 11.3 Å². The molecule has 0 amide bonds. The maximum atomic E-state index is 11.3. The number of carbonyl (C=O) groups is 1. The zero-order chi connectivity index (χ0) is 12.7. The van der Waals surface area contributed by atoms with Gasteiger partial charge < -0.3 is 9.47 Å². The zero-order valence-corrected chi connectivity index (χ0v) is 10.9. The molecular weight excluding hydrogens is 204 g/mol. The van der Waals surface area contributed by atoms with Gasteiger partial charge in [0.25, 0.3) is 0 Å². The van der Waals surface area contributed by atoms with Gasteiger partial charge in [-0.25, -0.2) is 0 Å². The Labute approximate surface area is 97.4 Å². The summed E-state index contributed by atoms with van der Waals surface area (Å²) < 4.78 is 10.2. The molecule has 1 rings (SSSR count). The fourth-order valence-electron chi connectivity index (χ4n) is 1.33. The second-order valence-corrected chi connectivity index (χ2v) is 3.08. The van der Waals surface area contributed by atoms with Crippen molar-refractivity contribution in [2.24, 2.45) is 0 Å². The number of Topliss-reactive ketones (excluding diaryl/α,β-unsaturated/α-hetero) is 1. The lowest BCUT2D eigenvalue weighted by atomic mass is 10.1. The molecule has 1 aromatic carbocycles. The number of carbonyl (C=O) groups excluding carboxylic acids is 1. The van der Waals surface area contributed by atoms with Crippen LogP contribution in [0.1, 0.15) is 36.7 Å². The van der Waals surface area contributed by atoms with Gasteiger partial charge in [-0.05, 0) is 25.5 Å². The second kappa shape index (κ2) is 6.88. The fourth-order valence-corrected chi connectivity index (χ4v) is 1.33. The molecule has 3 heteroatoms. The van der Waals surface area contributed by atoms with Gasteiger partial charge in [0.1, 0.15) is 11.5 Å². The largest absolute Gasteiger partial charge is 0.496 e. The highest BCUT2D eigenvalue weighted by Crippen LogP contribution is 2.28. The third-order valence-electron chi connectivity index (χ3n) is 2.10. The van der Waals surface area contributed by atoms with Gasteiger partial charge in [0.15, 0.2) is 5.78 Å². The summed E-state index contributed by atoms with van der Waals surface area (Å²) in [6.07, 6.45) is 0. The van der Waals surface area contributed by atoms with Crippen molar-refractivity contribution in [1.82, 2.24) is 0 Å². The van der Waals surface area contributed by atoms with E-state index in [0.717, 1.165) is 11.3 Å². The van der Waals surface area contributed by atoms with Gasteiger partial charge in [0, 0.05) is 6.07 Å². The maximum Gasteiger partial charge on any atom is 0.163 e. The van der Waals surface area contributed by atoms with Crippen molar-refractivity contribution in [3.05, 3.63) is 23.3 Å². The summed E-state index contributed by atoms with van der Waals surface area (Å²) in [5, 5.41) is 0. The molecule has 0 N–H and O–H groups in total. The maximum absolute atomic E-state index is 11.3. The average molecular weight is 224 g/mol. The van der Waals surface area contributed by atoms with E-state index in [1.54, 1.807) is 19.2 Å². The second-order valence-electron chi connectivity index (χ2n) is 3.08. The Bertz CT molecular complexity index is 356. The molecule has 0 radical (unpaired) electrons. The van der Waals surface area contributed by atoms with Gasteiger partial charge in [-0.3, -0.25) is 4.79 Å². The van der Waals surface area contributed by atoms with Crippen LogP contribution >= 0.6 is 0 Å². The third-order valence-corrected chi connectivity index (χ3v) is 2.10. The highest BCUT2D eigenvalue weighted by molar-refractivity contribution is 5.97. The molecule has 0 atom stereocenters. The lowest BCUT2D eigenvalue weighted by Crippen LogP contribution is -1.99. The number of ether oxygens (including phenoxy) is 2. The number of ketones is 1. The first-order valence-corrected chi connectivity index (χ1v) is 5.33. The number of benzene rings is 1. The van der Waals surface area contributed by atoms with E-state index in [4.69, 9.17) is 9.47 Å². The lowest BCUT2D eigenvalue weighted by molar-refractivity contribution is 0.101. The summed E-state index contributed by atoms with van der Waals surface area (Å²) in [6.45, 7) is 7.41. The van der Waals surface area contributed by atoms with Crippen LogP contribution in [0.25, 0.3) is 0 Å². The minimum absolute atomic E-state index is 0.00685. The molecule has 0 aromatic heterocycles. The van der Waals surface area contributed by atoms with Crippen LogP contribution in [-0.2, 0) is 0 Å². The van der Waals surface area contributed by atoms with Gasteiger partial charge in [-0.1, -0.05) is 13.8 Å². The number of hydrogen-bond acceptors (Lipinski definition) is 3. The summed E-state index contributed by atoms with van der Waals surface area (Å²) in [5.74, 6) is 1.28. The quantitative estimate of drug-likeness (QED) is 0.739. The SMILES string of the molecule is CC.COc1cc(OC)c(C(C)=O)cc1C. The highest BCUT2D eigenvalue weighted by atomic mass is 16.5. The predicted octanol–water partition coefficient (Wildman–Crippen LogP) is 3.24. The van der Waals surface area contributed by atoms with Crippen LogP contribution in [0.4, 0.5) is 0 Å². The summed E-state index contributed by atoms with van der Waals surface area (Å²) in [6, 6.07) is 3.51. The Morgan fingerprint density at radius 2 is 1.56 bits per heavy atom. The first-order valence-electron chi connectivity index (χ1n) is 5.33. The van der Waals surface area contributed by atoms with Gasteiger partial charge in [0.05, 0.1) is 19.8 Å². The van der Waals surface area contributed by atoms with Crippen molar-refractivity contribution in [2.75, 3.05) is 14.2 Å². The standard InChI is InChI=1S/C11H14O3.C2H6/c1-7-5-9(8(2)12)11(14-4)6-10(7)13-3;1-2/h5-6H,1-4H3;1-2H3.